The maximum absolute atomic E-state index is 13.3. The van der Waals surface area contributed by atoms with E-state index in [1.54, 1.807) is 62.6 Å². The van der Waals surface area contributed by atoms with Crippen molar-refractivity contribution in [3.8, 4) is 11.3 Å². The number of para-hydroxylation sites is 1. The van der Waals surface area contributed by atoms with Crippen molar-refractivity contribution in [3.05, 3.63) is 76.8 Å². The lowest BCUT2D eigenvalue weighted by molar-refractivity contribution is -0.137. The van der Waals surface area contributed by atoms with E-state index in [0.717, 1.165) is 12.1 Å². The molecule has 0 saturated carbocycles. The fourth-order valence-corrected chi connectivity index (χ4v) is 2.98. The molecule has 3 aromatic rings. The molecule has 0 amide bonds. The minimum Gasteiger partial charge on any atom is -0.363 e. The lowest BCUT2D eigenvalue weighted by atomic mass is 10.0. The van der Waals surface area contributed by atoms with Crippen molar-refractivity contribution in [2.75, 3.05) is 19.0 Å². The highest BCUT2D eigenvalue weighted by Crippen LogP contribution is 2.34. The van der Waals surface area contributed by atoms with Gasteiger partial charge in [-0.05, 0) is 29.8 Å². The van der Waals surface area contributed by atoms with E-state index in [-0.39, 0.29) is 23.7 Å². The standard InChI is InChI=1S/C23H19ClF3N3O/c1-30(2)22-13-17(23(25,26)27)12-21(29-22)16-9-7-15(8-10-16)11-18(31)14-28-20-6-4-3-5-19(20)24/h3-10,12-14H,11H2,1-2H3. The van der Waals surface area contributed by atoms with Crippen molar-refractivity contribution >= 4 is 35.1 Å². The SMILES string of the molecule is CN(C)c1cc(C(F)(F)F)cc(-c2ccc(CC(=O)C=Nc3ccccc3Cl)cc2)n1. The topological polar surface area (TPSA) is 45.6 Å². The molecule has 1 heterocycles. The summed E-state index contributed by atoms with van der Waals surface area (Å²) in [6, 6.07) is 15.6. The van der Waals surface area contributed by atoms with Gasteiger partial charge in [0.1, 0.15) is 5.82 Å². The summed E-state index contributed by atoms with van der Waals surface area (Å²) in [5.41, 5.74) is 1.17. The summed E-state index contributed by atoms with van der Waals surface area (Å²) in [6.07, 6.45) is -3.16. The van der Waals surface area contributed by atoms with Gasteiger partial charge in [-0.3, -0.25) is 9.79 Å². The molecule has 8 heteroatoms. The van der Waals surface area contributed by atoms with Crippen LogP contribution in [0.4, 0.5) is 24.7 Å². The number of carbonyl (C=O) groups excluding carboxylic acids is 1. The van der Waals surface area contributed by atoms with Crippen LogP contribution in [0.15, 0.2) is 65.7 Å². The molecule has 160 valence electrons. The normalized spacial score (nSPS) is 11.7. The zero-order chi connectivity index (χ0) is 22.6. The second-order valence-electron chi connectivity index (χ2n) is 7.04. The van der Waals surface area contributed by atoms with Gasteiger partial charge < -0.3 is 4.90 Å². The largest absolute Gasteiger partial charge is 0.416 e. The number of nitrogens with zero attached hydrogens (tertiary/aromatic N) is 3. The summed E-state index contributed by atoms with van der Waals surface area (Å²) in [5.74, 6) is -0.0142. The van der Waals surface area contributed by atoms with Crippen molar-refractivity contribution in [2.45, 2.75) is 12.6 Å². The number of anilines is 1. The van der Waals surface area contributed by atoms with Crippen molar-refractivity contribution in [3.63, 3.8) is 0 Å². The number of ketones is 1. The Kier molecular flexibility index (Phi) is 6.75. The van der Waals surface area contributed by atoms with Crippen LogP contribution in [-0.2, 0) is 17.4 Å². The second-order valence-corrected chi connectivity index (χ2v) is 7.45. The molecule has 0 aliphatic carbocycles. The van der Waals surface area contributed by atoms with Gasteiger partial charge in [0.15, 0.2) is 5.78 Å². The molecular weight excluding hydrogens is 427 g/mol. The average molecular weight is 446 g/mol. The number of carbonyl (C=O) groups is 1. The van der Waals surface area contributed by atoms with E-state index in [1.165, 1.54) is 11.1 Å². The highest BCUT2D eigenvalue weighted by Gasteiger charge is 2.32. The van der Waals surface area contributed by atoms with Crippen LogP contribution in [0.2, 0.25) is 5.02 Å². The predicted molar refractivity (Wildman–Crippen MR) is 117 cm³/mol. The van der Waals surface area contributed by atoms with Gasteiger partial charge in [0.2, 0.25) is 0 Å². The van der Waals surface area contributed by atoms with E-state index >= 15 is 0 Å². The third-order valence-corrected chi connectivity index (χ3v) is 4.75. The van der Waals surface area contributed by atoms with Crippen molar-refractivity contribution in [1.82, 2.24) is 4.98 Å². The summed E-state index contributed by atoms with van der Waals surface area (Å²) in [5, 5.41) is 0.446. The number of hydrogen-bond acceptors (Lipinski definition) is 4. The molecule has 0 aliphatic heterocycles. The zero-order valence-electron chi connectivity index (χ0n) is 16.8. The Labute approximate surface area is 183 Å². The number of hydrogen-bond donors (Lipinski definition) is 0. The maximum atomic E-state index is 13.3. The smallest absolute Gasteiger partial charge is 0.363 e. The number of rotatable bonds is 6. The minimum atomic E-state index is -4.48. The molecule has 0 saturated heterocycles. The van der Waals surface area contributed by atoms with E-state index in [9.17, 15) is 18.0 Å². The van der Waals surface area contributed by atoms with E-state index in [4.69, 9.17) is 11.6 Å². The molecule has 0 aliphatic rings. The van der Waals surface area contributed by atoms with Gasteiger partial charge in [-0.1, -0.05) is 48.0 Å². The van der Waals surface area contributed by atoms with Gasteiger partial charge in [-0.2, -0.15) is 13.2 Å². The molecule has 0 fully saturated rings. The molecule has 4 nitrogen and oxygen atoms in total. The second kappa shape index (κ2) is 9.31. The quantitative estimate of drug-likeness (QED) is 0.437. The van der Waals surface area contributed by atoms with Gasteiger partial charge in [-0.25, -0.2) is 4.98 Å². The first-order valence-electron chi connectivity index (χ1n) is 9.31. The molecular formula is C23H19ClF3N3O. The monoisotopic (exact) mass is 445 g/mol. The number of Topliss-reactive ketones (excluding diaryl/α,β-unsaturated/α-hetero) is 1. The molecule has 2 aromatic carbocycles. The van der Waals surface area contributed by atoms with Crippen molar-refractivity contribution in [2.24, 2.45) is 4.99 Å². The predicted octanol–water partition coefficient (Wildman–Crippen LogP) is 6.00. The number of alkyl halides is 3. The number of aliphatic imine (C=N–C) groups is 1. The fraction of sp³-hybridized carbons (Fsp3) is 0.174. The molecule has 31 heavy (non-hydrogen) atoms. The van der Waals surface area contributed by atoms with Crippen LogP contribution in [-0.4, -0.2) is 31.1 Å². The van der Waals surface area contributed by atoms with Gasteiger partial charge in [0.05, 0.1) is 28.2 Å². The van der Waals surface area contributed by atoms with Crippen LogP contribution >= 0.6 is 11.6 Å². The van der Waals surface area contributed by atoms with Gasteiger partial charge in [-0.15, -0.1) is 0 Å². The summed E-state index contributed by atoms with van der Waals surface area (Å²) >= 11 is 6.01. The Morgan fingerprint density at radius 1 is 1.10 bits per heavy atom. The lowest BCUT2D eigenvalue weighted by Gasteiger charge is -2.16. The van der Waals surface area contributed by atoms with Crippen LogP contribution in [0.5, 0.6) is 0 Å². The molecule has 0 spiro atoms. The Morgan fingerprint density at radius 2 is 1.77 bits per heavy atom. The molecule has 0 unspecified atom stereocenters. The van der Waals surface area contributed by atoms with Crippen LogP contribution in [0.1, 0.15) is 11.1 Å². The van der Waals surface area contributed by atoms with E-state index in [0.29, 0.717) is 21.8 Å². The minimum absolute atomic E-state index is 0.104. The number of halogens is 4. The molecule has 0 N–H and O–H groups in total. The fourth-order valence-electron chi connectivity index (χ4n) is 2.79. The first-order valence-corrected chi connectivity index (χ1v) is 9.68. The van der Waals surface area contributed by atoms with E-state index in [2.05, 4.69) is 9.98 Å². The van der Waals surface area contributed by atoms with Crippen molar-refractivity contribution in [1.29, 1.82) is 0 Å². The molecule has 1 aromatic heterocycles. The summed E-state index contributed by atoms with van der Waals surface area (Å²) in [6.45, 7) is 0. The summed E-state index contributed by atoms with van der Waals surface area (Å²) in [4.78, 5) is 22.1. The van der Waals surface area contributed by atoms with Crippen molar-refractivity contribution < 1.29 is 18.0 Å². The van der Waals surface area contributed by atoms with Gasteiger partial charge >= 0.3 is 6.18 Å². The summed E-state index contributed by atoms with van der Waals surface area (Å²) in [7, 11) is 3.26. The summed E-state index contributed by atoms with van der Waals surface area (Å²) < 4.78 is 39.8. The zero-order valence-corrected chi connectivity index (χ0v) is 17.6. The van der Waals surface area contributed by atoms with Crippen LogP contribution in [0.3, 0.4) is 0 Å². The van der Waals surface area contributed by atoms with Crippen LogP contribution in [0.25, 0.3) is 11.3 Å². The third kappa shape index (κ3) is 5.92. The van der Waals surface area contributed by atoms with Crippen LogP contribution < -0.4 is 4.90 Å². The number of benzene rings is 2. The highest BCUT2D eigenvalue weighted by atomic mass is 35.5. The Hall–Kier alpha value is -3.19. The average Bonchev–Trinajstić information content (AvgIpc) is 2.72. The maximum Gasteiger partial charge on any atom is 0.416 e. The molecule has 0 bridgehead atoms. The Morgan fingerprint density at radius 3 is 2.39 bits per heavy atom. The molecule has 0 atom stereocenters. The molecule has 3 rings (SSSR count). The Balaban J connectivity index is 1.78. The van der Waals surface area contributed by atoms with Gasteiger partial charge in [0, 0.05) is 26.1 Å². The molecule has 0 radical (unpaired) electrons. The first-order chi connectivity index (χ1) is 14.6. The Bertz CT molecular complexity index is 1110. The van der Waals surface area contributed by atoms with E-state index < -0.39 is 11.7 Å². The lowest BCUT2D eigenvalue weighted by Crippen LogP contribution is -2.14. The number of aromatic nitrogens is 1. The first kappa shape index (κ1) is 22.5. The highest BCUT2D eigenvalue weighted by molar-refractivity contribution is 6.34. The van der Waals surface area contributed by atoms with E-state index in [1.807, 2.05) is 0 Å². The third-order valence-electron chi connectivity index (χ3n) is 4.43. The van der Waals surface area contributed by atoms with Gasteiger partial charge in [0.25, 0.3) is 0 Å². The van der Waals surface area contributed by atoms with Crippen LogP contribution in [0, 0.1) is 0 Å². The number of pyridine rings is 1.